The molecule has 3 N–H and O–H groups in total. The van der Waals surface area contributed by atoms with Crippen LogP contribution in [0.5, 0.6) is 0 Å². The molecule has 0 aliphatic heterocycles. The number of carbonyl (C=O) groups is 1. The highest BCUT2D eigenvalue weighted by Gasteiger charge is 2.11. The molecule has 0 radical (unpaired) electrons. The lowest BCUT2D eigenvalue weighted by molar-refractivity contribution is 0.103. The van der Waals surface area contributed by atoms with Crippen molar-refractivity contribution in [3.8, 4) is 0 Å². The van der Waals surface area contributed by atoms with Gasteiger partial charge in [0.1, 0.15) is 0 Å². The Morgan fingerprint density at radius 2 is 1.84 bits per heavy atom. The van der Waals surface area contributed by atoms with Gasteiger partial charge in [0.05, 0.1) is 22.5 Å². The van der Waals surface area contributed by atoms with Gasteiger partial charge in [0.15, 0.2) is 6.61 Å². The highest BCUT2D eigenvalue weighted by molar-refractivity contribution is 7.14. The minimum absolute atomic E-state index is 0.193. The molecule has 1 amide bonds. The molecule has 3 aromatic rings. The predicted octanol–water partition coefficient (Wildman–Crippen LogP) is 4.13. The first-order chi connectivity index (χ1) is 12.2. The van der Waals surface area contributed by atoms with Crippen molar-refractivity contribution in [1.82, 2.24) is 0 Å². The highest BCUT2D eigenvalue weighted by Crippen LogP contribution is 2.21. The Bertz CT molecular complexity index is 875. The molecule has 1 aromatic heterocycles. The van der Waals surface area contributed by atoms with Crippen LogP contribution in [0.15, 0.2) is 71.9 Å². The van der Waals surface area contributed by atoms with E-state index in [1.807, 2.05) is 48.5 Å². The first-order valence-corrected chi connectivity index (χ1v) is 8.49. The monoisotopic (exact) mass is 351 g/mol. The minimum Gasteiger partial charge on any atom is -0.397 e. The summed E-state index contributed by atoms with van der Waals surface area (Å²) in [5.74, 6) is -0.193. The second-order valence-electron chi connectivity index (χ2n) is 5.23. The van der Waals surface area contributed by atoms with Gasteiger partial charge in [-0.1, -0.05) is 47.6 Å². The highest BCUT2D eigenvalue weighted by atomic mass is 32.1. The number of nitrogens with zero attached hydrogens (tertiary/aromatic N) is 1. The van der Waals surface area contributed by atoms with Crippen molar-refractivity contribution < 1.29 is 9.63 Å². The number of amides is 1. The van der Waals surface area contributed by atoms with Crippen molar-refractivity contribution in [3.63, 3.8) is 0 Å². The van der Waals surface area contributed by atoms with E-state index >= 15 is 0 Å². The number of hydrogen-bond acceptors (Lipinski definition) is 5. The molecule has 0 aliphatic rings. The first-order valence-electron chi connectivity index (χ1n) is 7.67. The van der Waals surface area contributed by atoms with Crippen molar-refractivity contribution in [2.24, 2.45) is 5.16 Å². The zero-order valence-corrected chi connectivity index (χ0v) is 14.2. The Morgan fingerprint density at radius 1 is 1.08 bits per heavy atom. The maximum Gasteiger partial charge on any atom is 0.265 e. The van der Waals surface area contributed by atoms with E-state index in [4.69, 9.17) is 10.6 Å². The lowest BCUT2D eigenvalue weighted by Gasteiger charge is -2.06. The Balaban J connectivity index is 1.54. The normalized spacial score (nSPS) is 10.7. The van der Waals surface area contributed by atoms with Gasteiger partial charge in [-0.2, -0.15) is 0 Å². The quantitative estimate of drug-likeness (QED) is 0.398. The maximum atomic E-state index is 12.3. The summed E-state index contributed by atoms with van der Waals surface area (Å²) in [5, 5.41) is 6.74. The topological polar surface area (TPSA) is 76.7 Å². The summed E-state index contributed by atoms with van der Waals surface area (Å²) in [6.45, 7) is 0.314. The smallest absolute Gasteiger partial charge is 0.265 e. The van der Waals surface area contributed by atoms with Crippen LogP contribution in [0, 0.1) is 0 Å². The Kier molecular flexibility index (Phi) is 5.43. The second-order valence-corrected chi connectivity index (χ2v) is 6.39. The van der Waals surface area contributed by atoms with Crippen LogP contribution in [0.4, 0.5) is 11.4 Å². The molecule has 0 bridgehead atoms. The second kappa shape index (κ2) is 8.12. The number of thiophene rings is 1. The minimum atomic E-state index is -0.193. The molecule has 2 aromatic carbocycles. The van der Waals surface area contributed by atoms with E-state index in [0.29, 0.717) is 22.9 Å². The molecule has 0 unspecified atom stereocenters. The van der Waals surface area contributed by atoms with Crippen molar-refractivity contribution in [2.75, 3.05) is 11.1 Å². The van der Waals surface area contributed by atoms with Gasteiger partial charge < -0.3 is 15.9 Å². The van der Waals surface area contributed by atoms with Gasteiger partial charge >= 0.3 is 0 Å². The van der Waals surface area contributed by atoms with Gasteiger partial charge in [0, 0.05) is 4.88 Å². The molecule has 0 fully saturated rings. The Morgan fingerprint density at radius 3 is 2.64 bits per heavy atom. The lowest BCUT2D eigenvalue weighted by atomic mass is 10.2. The molecule has 5 nitrogen and oxygen atoms in total. The number of nitrogens with two attached hydrogens (primary N) is 1. The van der Waals surface area contributed by atoms with Gasteiger partial charge in [-0.05, 0) is 29.8 Å². The molecular weight excluding hydrogens is 334 g/mol. The van der Waals surface area contributed by atoms with Crippen LogP contribution in [0.3, 0.4) is 0 Å². The number of oxime groups is 1. The van der Waals surface area contributed by atoms with Crippen molar-refractivity contribution in [2.45, 2.75) is 6.61 Å². The fourth-order valence-corrected chi connectivity index (χ4v) is 2.92. The fourth-order valence-electron chi connectivity index (χ4n) is 2.11. The number of para-hydroxylation sites is 2. The van der Waals surface area contributed by atoms with E-state index in [0.717, 1.165) is 10.4 Å². The van der Waals surface area contributed by atoms with Crippen LogP contribution in [0.1, 0.15) is 20.1 Å². The van der Waals surface area contributed by atoms with Gasteiger partial charge in [0.2, 0.25) is 0 Å². The van der Waals surface area contributed by atoms with Gasteiger partial charge in [-0.15, -0.1) is 11.3 Å². The van der Waals surface area contributed by atoms with Crippen LogP contribution in [0.25, 0.3) is 0 Å². The third kappa shape index (κ3) is 4.68. The summed E-state index contributed by atoms with van der Waals surface area (Å²) in [6.07, 6.45) is 1.65. The third-order valence-corrected chi connectivity index (χ3v) is 4.43. The molecule has 25 heavy (non-hydrogen) atoms. The van der Waals surface area contributed by atoms with E-state index < -0.39 is 0 Å². The average molecular weight is 351 g/mol. The molecule has 126 valence electrons. The molecule has 1 heterocycles. The summed E-state index contributed by atoms with van der Waals surface area (Å²) in [7, 11) is 0. The number of benzene rings is 2. The van der Waals surface area contributed by atoms with Crippen LogP contribution < -0.4 is 11.1 Å². The summed E-state index contributed by atoms with van der Waals surface area (Å²) >= 11 is 1.36. The summed E-state index contributed by atoms with van der Waals surface area (Å²) in [6, 6.07) is 20.5. The standard InChI is InChI=1S/C19H17N3O2S/c20-16-8-4-5-9-17(16)22-19(23)18-11-10-15(25-18)13-24-21-12-14-6-2-1-3-7-14/h1-12H,13,20H2,(H,22,23)/b21-12+. The number of anilines is 2. The zero-order chi connectivity index (χ0) is 17.5. The molecule has 0 atom stereocenters. The molecule has 0 saturated carbocycles. The molecule has 0 spiro atoms. The summed E-state index contributed by atoms with van der Waals surface area (Å²) in [5.41, 5.74) is 7.94. The molecule has 6 heteroatoms. The van der Waals surface area contributed by atoms with Gasteiger partial charge in [-0.25, -0.2) is 0 Å². The number of rotatable bonds is 6. The van der Waals surface area contributed by atoms with E-state index in [9.17, 15) is 4.79 Å². The summed E-state index contributed by atoms with van der Waals surface area (Å²) in [4.78, 5) is 19.1. The van der Waals surface area contributed by atoms with Crippen LogP contribution in [-0.2, 0) is 11.4 Å². The van der Waals surface area contributed by atoms with E-state index in [2.05, 4.69) is 10.5 Å². The van der Waals surface area contributed by atoms with Crippen molar-refractivity contribution >= 4 is 34.8 Å². The van der Waals surface area contributed by atoms with E-state index in [1.54, 1.807) is 24.4 Å². The lowest BCUT2D eigenvalue weighted by Crippen LogP contribution is -2.11. The van der Waals surface area contributed by atoms with E-state index in [1.165, 1.54) is 11.3 Å². The van der Waals surface area contributed by atoms with Crippen LogP contribution in [0.2, 0.25) is 0 Å². The SMILES string of the molecule is Nc1ccccc1NC(=O)c1ccc(CO/N=C/c2ccccc2)s1. The summed E-state index contributed by atoms with van der Waals surface area (Å²) < 4.78 is 0. The Hall–Kier alpha value is -3.12. The molecule has 3 rings (SSSR count). The average Bonchev–Trinajstić information content (AvgIpc) is 3.11. The van der Waals surface area contributed by atoms with Crippen molar-refractivity contribution in [1.29, 1.82) is 0 Å². The maximum absolute atomic E-state index is 12.3. The number of carbonyl (C=O) groups excluding carboxylic acids is 1. The largest absolute Gasteiger partial charge is 0.397 e. The van der Waals surface area contributed by atoms with Gasteiger partial charge in [-0.3, -0.25) is 4.79 Å². The molecule has 0 saturated heterocycles. The van der Waals surface area contributed by atoms with Crippen LogP contribution in [-0.4, -0.2) is 12.1 Å². The van der Waals surface area contributed by atoms with Crippen molar-refractivity contribution in [3.05, 3.63) is 82.0 Å². The number of nitrogen functional groups attached to an aromatic ring is 1. The van der Waals surface area contributed by atoms with Crippen LogP contribution >= 0.6 is 11.3 Å². The molecule has 0 aliphatic carbocycles. The predicted molar refractivity (Wildman–Crippen MR) is 102 cm³/mol. The van der Waals surface area contributed by atoms with Gasteiger partial charge in [0.25, 0.3) is 5.91 Å². The fraction of sp³-hybridized carbons (Fsp3) is 0.0526. The Labute approximate surface area is 149 Å². The molecular formula is C19H17N3O2S. The third-order valence-electron chi connectivity index (χ3n) is 3.38. The zero-order valence-electron chi connectivity index (χ0n) is 13.4. The van der Waals surface area contributed by atoms with E-state index in [-0.39, 0.29) is 5.91 Å². The number of nitrogens with one attached hydrogen (secondary N) is 1. The number of hydrogen-bond donors (Lipinski definition) is 2. The first kappa shape index (κ1) is 16.7.